The maximum Gasteiger partial charge on any atom is 1.00 e. The van der Waals surface area contributed by atoms with Crippen LogP contribution in [-0.2, 0) is 20.2 Å². The first-order valence-electron chi connectivity index (χ1n) is 6.95. The van der Waals surface area contributed by atoms with Crippen LogP contribution >= 0.6 is 0 Å². The molecule has 0 spiro atoms. The molecule has 3 aromatic carbocycles. The van der Waals surface area contributed by atoms with Crippen LogP contribution in [0.1, 0.15) is 0 Å². The van der Waals surface area contributed by atoms with Crippen molar-refractivity contribution in [3.05, 3.63) is 60.7 Å². The Bertz CT molecular complexity index is 1160. The Morgan fingerprint density at radius 1 is 0.846 bits per heavy atom. The van der Waals surface area contributed by atoms with Crippen LogP contribution in [0.3, 0.4) is 0 Å². The summed E-state index contributed by atoms with van der Waals surface area (Å²) in [4.78, 5) is -0.710. The summed E-state index contributed by atoms with van der Waals surface area (Å²) in [7, 11) is -9.02. The van der Waals surface area contributed by atoms with Crippen molar-refractivity contribution in [3.8, 4) is 5.75 Å². The average molecular weight is 401 g/mol. The summed E-state index contributed by atoms with van der Waals surface area (Å²) in [6.07, 6.45) is 0. The minimum Gasteiger partial charge on any atom is -0.744 e. The molecule has 26 heavy (non-hydrogen) atoms. The van der Waals surface area contributed by atoms with Gasteiger partial charge in [0.15, 0.2) is 5.75 Å². The Balaban J connectivity index is 0.00000243. The fourth-order valence-corrected chi connectivity index (χ4v) is 3.78. The van der Waals surface area contributed by atoms with Crippen LogP contribution in [-0.4, -0.2) is 21.4 Å². The van der Waals surface area contributed by atoms with Crippen molar-refractivity contribution in [2.24, 2.45) is 0 Å². The van der Waals surface area contributed by atoms with E-state index >= 15 is 0 Å². The van der Waals surface area contributed by atoms with Crippen molar-refractivity contribution in [1.82, 2.24) is 0 Å². The van der Waals surface area contributed by atoms with Crippen molar-refractivity contribution in [2.75, 3.05) is 5.73 Å². The molecule has 3 aromatic rings. The fraction of sp³-hybridized carbons (Fsp3) is 0. The molecule has 0 aliphatic rings. The van der Waals surface area contributed by atoms with Gasteiger partial charge in [-0.15, -0.1) is 0 Å². The number of anilines is 1. The first-order chi connectivity index (χ1) is 11.7. The molecule has 0 radical (unpaired) electrons. The zero-order valence-corrected chi connectivity index (χ0v) is 17.2. The summed E-state index contributed by atoms with van der Waals surface area (Å²) in [6.45, 7) is 0. The first-order valence-corrected chi connectivity index (χ1v) is 9.77. The molecule has 0 bridgehead atoms. The van der Waals surface area contributed by atoms with Crippen LogP contribution in [0.4, 0.5) is 5.69 Å². The van der Waals surface area contributed by atoms with Crippen molar-refractivity contribution in [3.63, 3.8) is 0 Å². The molecule has 0 unspecified atom stereocenters. The van der Waals surface area contributed by atoms with Crippen molar-refractivity contribution < 1.29 is 55.1 Å². The smallest absolute Gasteiger partial charge is 0.744 e. The maximum atomic E-state index is 12.4. The van der Waals surface area contributed by atoms with Crippen LogP contribution < -0.4 is 39.5 Å². The van der Waals surface area contributed by atoms with E-state index in [1.165, 1.54) is 42.5 Å². The average Bonchev–Trinajstić information content (AvgIpc) is 2.54. The van der Waals surface area contributed by atoms with Gasteiger partial charge in [0.2, 0.25) is 0 Å². The third-order valence-corrected chi connectivity index (χ3v) is 5.49. The van der Waals surface area contributed by atoms with E-state index in [4.69, 9.17) is 9.92 Å². The summed E-state index contributed by atoms with van der Waals surface area (Å²) >= 11 is 0. The molecule has 7 nitrogen and oxygen atoms in total. The van der Waals surface area contributed by atoms with Crippen molar-refractivity contribution >= 4 is 36.7 Å². The minimum atomic E-state index is -4.82. The van der Waals surface area contributed by atoms with Crippen LogP contribution in [0.2, 0.25) is 0 Å². The number of nitrogen functional groups attached to an aromatic ring is 1. The number of fused-ring (bicyclic) bond motifs is 1. The van der Waals surface area contributed by atoms with Gasteiger partial charge in [0, 0.05) is 17.1 Å². The van der Waals surface area contributed by atoms with Gasteiger partial charge in [-0.3, -0.25) is 0 Å². The van der Waals surface area contributed by atoms with Gasteiger partial charge in [0.25, 0.3) is 0 Å². The van der Waals surface area contributed by atoms with Gasteiger partial charge in [0.05, 0.1) is 4.90 Å². The van der Waals surface area contributed by atoms with Gasteiger partial charge in [-0.1, -0.05) is 18.2 Å². The predicted octanol–water partition coefficient (Wildman–Crippen LogP) is -0.902. The second-order valence-electron chi connectivity index (χ2n) is 5.21. The predicted molar refractivity (Wildman–Crippen MR) is 90.6 cm³/mol. The molecule has 0 fully saturated rings. The molecule has 3 rings (SSSR count). The van der Waals surface area contributed by atoms with E-state index in [9.17, 15) is 21.4 Å². The summed E-state index contributed by atoms with van der Waals surface area (Å²) < 4.78 is 64.0. The topological polar surface area (TPSA) is 127 Å². The second kappa shape index (κ2) is 7.55. The second-order valence-corrected chi connectivity index (χ2v) is 8.13. The van der Waals surface area contributed by atoms with E-state index < -0.39 is 25.1 Å². The molecule has 10 heteroatoms. The Morgan fingerprint density at radius 3 is 2.12 bits per heavy atom. The Labute approximate surface area is 173 Å². The number of hydrogen-bond donors (Lipinski definition) is 1. The van der Waals surface area contributed by atoms with Gasteiger partial charge in [-0.25, -0.2) is 8.42 Å². The molecule has 0 aliphatic heterocycles. The Hall–Kier alpha value is -1.62. The summed E-state index contributed by atoms with van der Waals surface area (Å²) in [6, 6.07) is 13.8. The van der Waals surface area contributed by atoms with Crippen molar-refractivity contribution in [1.29, 1.82) is 0 Å². The van der Waals surface area contributed by atoms with E-state index in [1.807, 2.05) is 0 Å². The SMILES string of the molecule is Nc1ccc2c(OS(=O)(=O)c3ccccc3)cc(S(=O)(=O)[O-])cc2c1.[Na+]. The molecule has 0 saturated carbocycles. The monoisotopic (exact) mass is 401 g/mol. The fourth-order valence-electron chi connectivity index (χ4n) is 2.29. The van der Waals surface area contributed by atoms with Gasteiger partial charge in [-0.2, -0.15) is 8.42 Å². The largest absolute Gasteiger partial charge is 1.00 e. The van der Waals surface area contributed by atoms with Gasteiger partial charge in [0.1, 0.15) is 15.0 Å². The molecular formula is C16H12NNaO6S2. The molecule has 0 atom stereocenters. The van der Waals surface area contributed by atoms with Crippen LogP contribution in [0.5, 0.6) is 5.75 Å². The summed E-state index contributed by atoms with van der Waals surface area (Å²) in [5.74, 6) is -0.268. The van der Waals surface area contributed by atoms with Gasteiger partial charge in [-0.05, 0) is 41.8 Å². The molecular weight excluding hydrogens is 389 g/mol. The molecule has 0 aliphatic carbocycles. The Kier molecular flexibility index (Phi) is 6.01. The number of nitrogens with two attached hydrogens (primary N) is 1. The third kappa shape index (κ3) is 4.37. The van der Waals surface area contributed by atoms with E-state index in [2.05, 4.69) is 0 Å². The first kappa shape index (κ1) is 20.7. The van der Waals surface area contributed by atoms with Crippen LogP contribution in [0.25, 0.3) is 10.8 Å². The third-order valence-electron chi connectivity index (χ3n) is 3.43. The quantitative estimate of drug-likeness (QED) is 0.260. The van der Waals surface area contributed by atoms with E-state index in [0.717, 1.165) is 12.1 Å². The van der Waals surface area contributed by atoms with Crippen LogP contribution in [0, 0.1) is 0 Å². The zero-order valence-electron chi connectivity index (χ0n) is 13.6. The van der Waals surface area contributed by atoms with E-state index in [1.54, 1.807) is 6.07 Å². The zero-order chi connectivity index (χ0) is 18.2. The molecule has 0 amide bonds. The Morgan fingerprint density at radius 2 is 1.50 bits per heavy atom. The normalized spacial score (nSPS) is 11.7. The molecule has 130 valence electrons. The van der Waals surface area contributed by atoms with E-state index in [-0.39, 0.29) is 45.6 Å². The summed E-state index contributed by atoms with van der Waals surface area (Å²) in [5, 5.41) is 0.580. The molecule has 0 aromatic heterocycles. The van der Waals surface area contributed by atoms with E-state index in [0.29, 0.717) is 11.1 Å². The summed E-state index contributed by atoms with van der Waals surface area (Å²) in [5.41, 5.74) is 5.99. The number of benzene rings is 3. The number of hydrogen-bond acceptors (Lipinski definition) is 7. The van der Waals surface area contributed by atoms with Crippen LogP contribution in [0.15, 0.2) is 70.5 Å². The standard InChI is InChI=1S/C16H13NO6S2.Na/c17-12-6-7-15-11(8-12)9-14(24(18,19)20)10-16(15)23-25(21,22)13-4-2-1-3-5-13;/h1-10H,17H2,(H,18,19,20);/q;+1/p-1. The minimum absolute atomic E-state index is 0. The van der Waals surface area contributed by atoms with Crippen molar-refractivity contribution in [2.45, 2.75) is 9.79 Å². The number of rotatable bonds is 4. The van der Waals surface area contributed by atoms with Gasteiger partial charge >= 0.3 is 39.7 Å². The van der Waals surface area contributed by atoms with Gasteiger partial charge < -0.3 is 14.5 Å². The molecule has 2 N–H and O–H groups in total. The molecule has 0 saturated heterocycles. The molecule has 0 heterocycles. The maximum absolute atomic E-state index is 12.4.